The second-order valence-corrected chi connectivity index (χ2v) is 4.56. The SMILES string of the molecule is COc1ncnc(SCC2CCCO2)c1N. The molecule has 0 amide bonds. The number of ether oxygens (including phenoxy) is 2. The molecule has 0 aliphatic carbocycles. The normalized spacial score (nSPS) is 19.9. The number of hydrogen-bond donors (Lipinski definition) is 1. The molecular formula is C10H15N3O2S. The van der Waals surface area contributed by atoms with Crippen molar-refractivity contribution >= 4 is 17.4 Å². The van der Waals surface area contributed by atoms with Gasteiger partial charge < -0.3 is 15.2 Å². The van der Waals surface area contributed by atoms with E-state index in [0.717, 1.165) is 30.2 Å². The van der Waals surface area contributed by atoms with Gasteiger partial charge in [0.05, 0.1) is 13.2 Å². The summed E-state index contributed by atoms with van der Waals surface area (Å²) < 4.78 is 10.6. The van der Waals surface area contributed by atoms with Crippen molar-refractivity contribution in [2.24, 2.45) is 0 Å². The van der Waals surface area contributed by atoms with Gasteiger partial charge in [0, 0.05) is 12.4 Å². The molecule has 2 N–H and O–H groups in total. The highest BCUT2D eigenvalue weighted by Gasteiger charge is 2.17. The van der Waals surface area contributed by atoms with Gasteiger partial charge in [0.15, 0.2) is 0 Å². The molecule has 2 rings (SSSR count). The Balaban J connectivity index is 1.97. The minimum absolute atomic E-state index is 0.324. The molecule has 1 fully saturated rings. The van der Waals surface area contributed by atoms with E-state index in [1.165, 1.54) is 6.33 Å². The van der Waals surface area contributed by atoms with Gasteiger partial charge >= 0.3 is 0 Å². The third-order valence-electron chi connectivity index (χ3n) is 2.43. The molecule has 88 valence electrons. The van der Waals surface area contributed by atoms with Crippen molar-refractivity contribution < 1.29 is 9.47 Å². The molecule has 2 heterocycles. The average Bonchev–Trinajstić information content (AvgIpc) is 2.81. The lowest BCUT2D eigenvalue weighted by Crippen LogP contribution is -2.09. The summed E-state index contributed by atoms with van der Waals surface area (Å²) in [5, 5.41) is 0.766. The van der Waals surface area contributed by atoms with Crippen molar-refractivity contribution in [1.29, 1.82) is 0 Å². The van der Waals surface area contributed by atoms with Crippen LogP contribution < -0.4 is 10.5 Å². The smallest absolute Gasteiger partial charge is 0.241 e. The van der Waals surface area contributed by atoms with Gasteiger partial charge in [0.25, 0.3) is 0 Å². The first kappa shape index (κ1) is 11.5. The van der Waals surface area contributed by atoms with Crippen LogP contribution >= 0.6 is 11.8 Å². The van der Waals surface area contributed by atoms with Crippen molar-refractivity contribution in [1.82, 2.24) is 9.97 Å². The van der Waals surface area contributed by atoms with Gasteiger partial charge in [-0.25, -0.2) is 4.98 Å². The van der Waals surface area contributed by atoms with Crippen molar-refractivity contribution in [2.75, 3.05) is 25.2 Å². The molecule has 1 aliphatic rings. The predicted molar refractivity (Wildman–Crippen MR) is 62.7 cm³/mol. The second kappa shape index (κ2) is 5.36. The summed E-state index contributed by atoms with van der Waals surface area (Å²) >= 11 is 1.59. The van der Waals surface area contributed by atoms with Crippen molar-refractivity contribution in [3.05, 3.63) is 6.33 Å². The summed E-state index contributed by atoms with van der Waals surface area (Å²) in [5.41, 5.74) is 6.37. The van der Waals surface area contributed by atoms with Gasteiger partial charge in [0.1, 0.15) is 17.0 Å². The number of thioether (sulfide) groups is 1. The third kappa shape index (κ3) is 2.56. The Hall–Kier alpha value is -1.01. The van der Waals surface area contributed by atoms with Crippen LogP contribution in [-0.4, -0.2) is 35.5 Å². The minimum Gasteiger partial charge on any atom is -0.479 e. The maximum absolute atomic E-state index is 5.87. The Morgan fingerprint density at radius 3 is 3.19 bits per heavy atom. The van der Waals surface area contributed by atoms with Crippen molar-refractivity contribution in [3.8, 4) is 5.88 Å². The molecule has 0 spiro atoms. The van der Waals surface area contributed by atoms with E-state index in [1.807, 2.05) is 0 Å². The molecular weight excluding hydrogens is 226 g/mol. The predicted octanol–water partition coefficient (Wildman–Crippen LogP) is 1.34. The Morgan fingerprint density at radius 1 is 1.62 bits per heavy atom. The molecule has 0 radical (unpaired) electrons. The number of nitrogens with zero attached hydrogens (tertiary/aromatic N) is 2. The van der Waals surface area contributed by atoms with Gasteiger partial charge in [0.2, 0.25) is 5.88 Å². The van der Waals surface area contributed by atoms with E-state index >= 15 is 0 Å². The maximum atomic E-state index is 5.87. The van der Waals surface area contributed by atoms with Crippen LogP contribution in [0.5, 0.6) is 5.88 Å². The fourth-order valence-electron chi connectivity index (χ4n) is 1.59. The van der Waals surface area contributed by atoms with Crippen molar-refractivity contribution in [3.63, 3.8) is 0 Å². The number of rotatable bonds is 4. The number of hydrogen-bond acceptors (Lipinski definition) is 6. The van der Waals surface area contributed by atoms with Crippen LogP contribution in [0.2, 0.25) is 0 Å². The lowest BCUT2D eigenvalue weighted by molar-refractivity contribution is 0.129. The van der Waals surface area contributed by atoms with Crippen LogP contribution in [0.4, 0.5) is 5.69 Å². The third-order valence-corrected chi connectivity index (χ3v) is 3.57. The highest BCUT2D eigenvalue weighted by atomic mass is 32.2. The van der Waals surface area contributed by atoms with Crippen LogP contribution in [0, 0.1) is 0 Å². The van der Waals surface area contributed by atoms with Gasteiger partial charge in [-0.1, -0.05) is 0 Å². The molecule has 0 bridgehead atoms. The fraction of sp³-hybridized carbons (Fsp3) is 0.600. The maximum Gasteiger partial charge on any atom is 0.241 e. The number of methoxy groups -OCH3 is 1. The zero-order valence-electron chi connectivity index (χ0n) is 9.18. The molecule has 0 saturated carbocycles. The van der Waals surface area contributed by atoms with Crippen LogP contribution in [-0.2, 0) is 4.74 Å². The number of nitrogens with two attached hydrogens (primary N) is 1. The minimum atomic E-state index is 0.324. The standard InChI is InChI=1S/C10H15N3O2S/c1-14-9-8(11)10(13-6-12-9)16-5-7-3-2-4-15-7/h6-7H,2-5,11H2,1H3. The molecule has 16 heavy (non-hydrogen) atoms. The Morgan fingerprint density at radius 2 is 2.50 bits per heavy atom. The zero-order valence-corrected chi connectivity index (χ0v) is 10.00. The number of aromatic nitrogens is 2. The van der Waals surface area contributed by atoms with E-state index in [2.05, 4.69) is 9.97 Å². The molecule has 5 nitrogen and oxygen atoms in total. The van der Waals surface area contributed by atoms with Gasteiger partial charge in [-0.2, -0.15) is 4.98 Å². The van der Waals surface area contributed by atoms with Gasteiger partial charge in [-0.15, -0.1) is 11.8 Å². The highest BCUT2D eigenvalue weighted by Crippen LogP contribution is 2.30. The Kier molecular flexibility index (Phi) is 3.84. The Labute approximate surface area is 98.7 Å². The van der Waals surface area contributed by atoms with Crippen LogP contribution in [0.3, 0.4) is 0 Å². The molecule has 6 heteroatoms. The Bertz CT molecular complexity index is 356. The number of anilines is 1. The molecule has 1 aliphatic heterocycles. The van der Waals surface area contributed by atoms with Crippen LogP contribution in [0.15, 0.2) is 11.4 Å². The van der Waals surface area contributed by atoms with Crippen LogP contribution in [0.1, 0.15) is 12.8 Å². The van der Waals surface area contributed by atoms with E-state index in [4.69, 9.17) is 15.2 Å². The lowest BCUT2D eigenvalue weighted by atomic mass is 10.3. The summed E-state index contributed by atoms with van der Waals surface area (Å²) in [4.78, 5) is 8.07. The largest absolute Gasteiger partial charge is 0.479 e. The van der Waals surface area contributed by atoms with E-state index in [9.17, 15) is 0 Å². The fourth-order valence-corrected chi connectivity index (χ4v) is 2.56. The van der Waals surface area contributed by atoms with Crippen LogP contribution in [0.25, 0.3) is 0 Å². The summed E-state index contributed by atoms with van der Waals surface area (Å²) in [6.07, 6.45) is 4.06. The van der Waals surface area contributed by atoms with E-state index in [0.29, 0.717) is 17.7 Å². The zero-order chi connectivity index (χ0) is 11.4. The average molecular weight is 241 g/mol. The first-order valence-electron chi connectivity index (χ1n) is 5.20. The monoisotopic (exact) mass is 241 g/mol. The van der Waals surface area contributed by atoms with E-state index in [-0.39, 0.29) is 0 Å². The lowest BCUT2D eigenvalue weighted by Gasteiger charge is -2.10. The van der Waals surface area contributed by atoms with Gasteiger partial charge in [-0.05, 0) is 12.8 Å². The molecule has 1 aromatic rings. The van der Waals surface area contributed by atoms with E-state index in [1.54, 1.807) is 18.9 Å². The molecule has 0 aromatic carbocycles. The number of nitrogen functional groups attached to an aromatic ring is 1. The van der Waals surface area contributed by atoms with Gasteiger partial charge in [-0.3, -0.25) is 0 Å². The topological polar surface area (TPSA) is 70.3 Å². The first-order valence-corrected chi connectivity index (χ1v) is 6.18. The summed E-state index contributed by atoms with van der Waals surface area (Å²) in [6.45, 7) is 0.869. The summed E-state index contributed by atoms with van der Waals surface area (Å²) in [7, 11) is 1.55. The molecule has 1 saturated heterocycles. The summed E-state index contributed by atoms with van der Waals surface area (Å²) in [5.74, 6) is 1.31. The van der Waals surface area contributed by atoms with E-state index < -0.39 is 0 Å². The first-order chi connectivity index (χ1) is 7.81. The second-order valence-electron chi connectivity index (χ2n) is 3.55. The highest BCUT2D eigenvalue weighted by molar-refractivity contribution is 7.99. The molecule has 1 atom stereocenters. The molecule has 1 unspecified atom stereocenters. The molecule has 1 aromatic heterocycles. The summed E-state index contributed by atoms with van der Waals surface area (Å²) in [6, 6.07) is 0. The van der Waals surface area contributed by atoms with Crippen molar-refractivity contribution in [2.45, 2.75) is 24.0 Å². The quantitative estimate of drug-likeness (QED) is 0.633.